The van der Waals surface area contributed by atoms with Crippen molar-refractivity contribution in [2.24, 2.45) is 16.1 Å². The Labute approximate surface area is 207 Å². The summed E-state index contributed by atoms with van der Waals surface area (Å²) in [5.41, 5.74) is 0.172. The highest BCUT2D eigenvalue weighted by molar-refractivity contribution is 7.92. The van der Waals surface area contributed by atoms with Crippen LogP contribution in [0.2, 0.25) is 0 Å². The number of hydrogen-bond donors (Lipinski definition) is 3. The van der Waals surface area contributed by atoms with E-state index in [1.54, 1.807) is 17.0 Å². The number of amides is 1. The van der Waals surface area contributed by atoms with Crippen molar-refractivity contribution in [3.05, 3.63) is 71.9 Å². The molecule has 36 heavy (non-hydrogen) atoms. The topological polar surface area (TPSA) is 162 Å². The van der Waals surface area contributed by atoms with E-state index < -0.39 is 27.3 Å². The standard InChI is InChI=1S/C24H23N5O6S/c1-15-13-29(14-15)22(30)11-16-10-18(12-20(23(16)31)24(32)33)27-26-17-5-7-19(8-6-17)36(34,35)28-21-4-2-3-9-25-21/h2-10,12,15,31H,11,13-14H2,1H3,(H,25,28)(H,32,33). The second-order valence-corrected chi connectivity index (χ2v) is 10.1. The Morgan fingerprint density at radius 2 is 1.78 bits per heavy atom. The molecule has 0 saturated carbocycles. The molecule has 12 heteroatoms. The maximum atomic E-state index is 12.5. The van der Waals surface area contributed by atoms with Crippen LogP contribution in [0.4, 0.5) is 17.2 Å². The molecular weight excluding hydrogens is 486 g/mol. The molecule has 1 fully saturated rings. The van der Waals surface area contributed by atoms with Gasteiger partial charge in [-0.05, 0) is 54.4 Å². The fourth-order valence-electron chi connectivity index (χ4n) is 3.64. The van der Waals surface area contributed by atoms with Gasteiger partial charge in [-0.15, -0.1) is 0 Å². The van der Waals surface area contributed by atoms with E-state index in [1.807, 2.05) is 6.92 Å². The highest BCUT2D eigenvalue weighted by Gasteiger charge is 2.28. The molecule has 1 saturated heterocycles. The molecule has 0 spiro atoms. The Hall–Kier alpha value is -4.32. The predicted molar refractivity (Wildman–Crippen MR) is 130 cm³/mol. The first-order valence-corrected chi connectivity index (χ1v) is 12.4. The van der Waals surface area contributed by atoms with Crippen molar-refractivity contribution in [2.45, 2.75) is 18.2 Å². The normalized spacial score (nSPS) is 14.0. The van der Waals surface area contributed by atoms with E-state index in [9.17, 15) is 28.2 Å². The summed E-state index contributed by atoms with van der Waals surface area (Å²) >= 11 is 0. The largest absolute Gasteiger partial charge is 0.507 e. The fraction of sp³-hybridized carbons (Fsp3) is 0.208. The maximum Gasteiger partial charge on any atom is 0.339 e. The van der Waals surface area contributed by atoms with Gasteiger partial charge in [-0.2, -0.15) is 10.2 Å². The first-order chi connectivity index (χ1) is 17.1. The number of rotatable bonds is 8. The van der Waals surface area contributed by atoms with Crippen LogP contribution in [0.1, 0.15) is 22.8 Å². The number of carbonyl (C=O) groups excluding carboxylic acids is 1. The third-order valence-corrected chi connectivity index (χ3v) is 6.86. The first kappa shape index (κ1) is 24.8. The van der Waals surface area contributed by atoms with E-state index in [2.05, 4.69) is 19.9 Å². The van der Waals surface area contributed by atoms with E-state index in [0.717, 1.165) is 6.07 Å². The number of carboxylic acid groups (broad SMARTS) is 1. The zero-order valence-electron chi connectivity index (χ0n) is 19.2. The lowest BCUT2D eigenvalue weighted by atomic mass is 9.99. The summed E-state index contributed by atoms with van der Waals surface area (Å²) in [5.74, 6) is -1.49. The molecule has 0 unspecified atom stereocenters. The second-order valence-electron chi connectivity index (χ2n) is 8.40. The molecule has 1 aliphatic rings. The van der Waals surface area contributed by atoms with Crippen molar-refractivity contribution in [2.75, 3.05) is 17.8 Å². The summed E-state index contributed by atoms with van der Waals surface area (Å²) in [6.45, 7) is 3.26. The van der Waals surface area contributed by atoms with Crippen LogP contribution in [0.25, 0.3) is 0 Å². The number of nitrogens with zero attached hydrogens (tertiary/aromatic N) is 4. The third-order valence-electron chi connectivity index (χ3n) is 5.49. The van der Waals surface area contributed by atoms with Gasteiger partial charge in [-0.1, -0.05) is 13.0 Å². The lowest BCUT2D eigenvalue weighted by Crippen LogP contribution is -2.49. The molecule has 0 radical (unpaired) electrons. The number of hydrogen-bond acceptors (Lipinski definition) is 8. The number of sulfonamides is 1. The Morgan fingerprint density at radius 1 is 1.08 bits per heavy atom. The number of pyridine rings is 1. The summed E-state index contributed by atoms with van der Waals surface area (Å²) in [5, 5.41) is 27.9. The van der Waals surface area contributed by atoms with E-state index in [0.29, 0.717) is 24.7 Å². The van der Waals surface area contributed by atoms with Gasteiger partial charge < -0.3 is 15.1 Å². The van der Waals surface area contributed by atoms with Gasteiger partial charge in [0.05, 0.1) is 22.7 Å². The SMILES string of the molecule is CC1CN(C(=O)Cc2cc(N=Nc3ccc(S(=O)(=O)Nc4ccccn4)cc3)cc(C(=O)O)c2O)C1. The highest BCUT2D eigenvalue weighted by Crippen LogP contribution is 2.31. The average Bonchev–Trinajstić information content (AvgIpc) is 2.82. The van der Waals surface area contributed by atoms with Crippen LogP contribution in [0.5, 0.6) is 5.75 Å². The molecule has 4 rings (SSSR count). The number of phenols is 1. The number of azo groups is 1. The van der Waals surface area contributed by atoms with Gasteiger partial charge >= 0.3 is 5.97 Å². The molecule has 2 aromatic carbocycles. The van der Waals surface area contributed by atoms with Crippen LogP contribution in [0.15, 0.2) is 75.9 Å². The number of likely N-dealkylation sites (tertiary alicyclic amines) is 1. The maximum absolute atomic E-state index is 12.5. The van der Waals surface area contributed by atoms with Gasteiger partial charge in [0.15, 0.2) is 0 Å². The van der Waals surface area contributed by atoms with Crippen molar-refractivity contribution < 1.29 is 28.2 Å². The van der Waals surface area contributed by atoms with Crippen molar-refractivity contribution in [3.8, 4) is 5.75 Å². The van der Waals surface area contributed by atoms with Crippen molar-refractivity contribution in [3.63, 3.8) is 0 Å². The molecular formula is C24H23N5O6S. The average molecular weight is 510 g/mol. The number of aromatic carboxylic acids is 1. The Kier molecular flexibility index (Phi) is 6.97. The van der Waals surface area contributed by atoms with Crippen LogP contribution in [0.3, 0.4) is 0 Å². The summed E-state index contributed by atoms with van der Waals surface area (Å²) in [4.78, 5) is 29.6. The number of aromatic nitrogens is 1. The molecule has 186 valence electrons. The zero-order chi connectivity index (χ0) is 25.9. The van der Waals surface area contributed by atoms with Gasteiger partial charge in [0.1, 0.15) is 17.1 Å². The smallest absolute Gasteiger partial charge is 0.339 e. The Balaban J connectivity index is 1.52. The molecule has 1 amide bonds. The van der Waals surface area contributed by atoms with E-state index in [4.69, 9.17) is 0 Å². The van der Waals surface area contributed by atoms with E-state index in [1.165, 1.54) is 42.6 Å². The van der Waals surface area contributed by atoms with Crippen LogP contribution in [-0.2, 0) is 21.2 Å². The molecule has 0 atom stereocenters. The minimum absolute atomic E-state index is 0.00832. The van der Waals surface area contributed by atoms with Gasteiger partial charge in [0.2, 0.25) is 5.91 Å². The molecule has 11 nitrogen and oxygen atoms in total. The van der Waals surface area contributed by atoms with Crippen molar-refractivity contribution in [1.29, 1.82) is 0 Å². The number of carbonyl (C=O) groups is 2. The molecule has 2 heterocycles. The quantitative estimate of drug-likeness (QED) is 0.390. The second kappa shape index (κ2) is 10.1. The van der Waals surface area contributed by atoms with Crippen LogP contribution >= 0.6 is 0 Å². The lowest BCUT2D eigenvalue weighted by molar-refractivity contribution is -0.136. The summed E-state index contributed by atoms with van der Waals surface area (Å²) in [6.07, 6.45) is 1.30. The van der Waals surface area contributed by atoms with E-state index >= 15 is 0 Å². The fourth-order valence-corrected chi connectivity index (χ4v) is 4.65. The number of nitrogens with one attached hydrogen (secondary N) is 1. The minimum atomic E-state index is -3.86. The summed E-state index contributed by atoms with van der Waals surface area (Å²) in [6, 6.07) is 13.0. The number of anilines is 1. The van der Waals surface area contributed by atoms with Gasteiger partial charge in [0.25, 0.3) is 10.0 Å². The van der Waals surface area contributed by atoms with Gasteiger partial charge in [-0.25, -0.2) is 18.2 Å². The molecule has 3 aromatic rings. The minimum Gasteiger partial charge on any atom is -0.507 e. The van der Waals surface area contributed by atoms with Crippen molar-refractivity contribution in [1.82, 2.24) is 9.88 Å². The zero-order valence-corrected chi connectivity index (χ0v) is 20.0. The summed E-state index contributed by atoms with van der Waals surface area (Å²) in [7, 11) is -3.86. The van der Waals surface area contributed by atoms with Crippen molar-refractivity contribution >= 4 is 39.1 Å². The molecule has 0 bridgehead atoms. The molecule has 3 N–H and O–H groups in total. The predicted octanol–water partition coefficient (Wildman–Crippen LogP) is 3.72. The number of benzene rings is 2. The highest BCUT2D eigenvalue weighted by atomic mass is 32.2. The molecule has 1 aliphatic heterocycles. The number of carboxylic acids is 1. The van der Waals surface area contributed by atoms with Crippen LogP contribution in [-0.4, -0.2) is 53.5 Å². The molecule has 1 aromatic heterocycles. The van der Waals surface area contributed by atoms with Crippen LogP contribution < -0.4 is 4.72 Å². The number of aromatic hydroxyl groups is 1. The Bertz CT molecular complexity index is 1420. The van der Waals surface area contributed by atoms with E-state index in [-0.39, 0.29) is 34.3 Å². The third kappa shape index (κ3) is 5.66. The van der Waals surface area contributed by atoms with Gasteiger partial charge in [0, 0.05) is 24.8 Å². The lowest BCUT2D eigenvalue weighted by Gasteiger charge is -2.37. The summed E-state index contributed by atoms with van der Waals surface area (Å²) < 4.78 is 27.4. The van der Waals surface area contributed by atoms with Gasteiger partial charge in [-0.3, -0.25) is 9.52 Å². The monoisotopic (exact) mass is 509 g/mol. The Morgan fingerprint density at radius 3 is 2.39 bits per heavy atom. The first-order valence-electron chi connectivity index (χ1n) is 10.9. The van der Waals surface area contributed by atoms with Crippen LogP contribution in [0, 0.1) is 5.92 Å². The molecule has 0 aliphatic carbocycles.